The number of likely N-dealkylation sites (tertiary alicyclic amines) is 1. The molecule has 1 rings (SSSR count). The van der Waals surface area contributed by atoms with Gasteiger partial charge in [-0.25, -0.2) is 0 Å². The summed E-state index contributed by atoms with van der Waals surface area (Å²) in [6, 6.07) is 0. The number of aliphatic hydroxyl groups excluding tert-OH is 1. The first kappa shape index (κ1) is 14.5. The fourth-order valence-corrected chi connectivity index (χ4v) is 2.45. The third-order valence-corrected chi connectivity index (χ3v) is 3.61. The molecule has 1 N–H and O–H groups in total. The van der Waals surface area contributed by atoms with Crippen molar-refractivity contribution in [3.8, 4) is 0 Å². The Morgan fingerprint density at radius 3 is 2.65 bits per heavy atom. The second-order valence-electron chi connectivity index (χ2n) is 4.81. The molecule has 1 atom stereocenters. The molecule has 1 fully saturated rings. The summed E-state index contributed by atoms with van der Waals surface area (Å²) < 4.78 is 0. The van der Waals surface area contributed by atoms with E-state index in [9.17, 15) is 4.79 Å². The Morgan fingerprint density at radius 2 is 2.12 bits per heavy atom. The quantitative estimate of drug-likeness (QED) is 0.723. The zero-order valence-electron chi connectivity index (χ0n) is 11.2. The topological polar surface area (TPSA) is 43.8 Å². The van der Waals surface area contributed by atoms with Gasteiger partial charge < -0.3 is 14.9 Å². The number of aliphatic hydroxyl groups is 1. The molecule has 0 saturated carbocycles. The van der Waals surface area contributed by atoms with Crippen LogP contribution >= 0.6 is 0 Å². The molecule has 17 heavy (non-hydrogen) atoms. The first-order valence-electron chi connectivity index (χ1n) is 6.82. The van der Waals surface area contributed by atoms with Crippen molar-refractivity contribution in [1.29, 1.82) is 0 Å². The van der Waals surface area contributed by atoms with E-state index in [0.29, 0.717) is 18.9 Å². The number of hydrogen-bond donors (Lipinski definition) is 1. The monoisotopic (exact) mass is 242 g/mol. The zero-order chi connectivity index (χ0) is 12.7. The van der Waals surface area contributed by atoms with Crippen molar-refractivity contribution in [3.63, 3.8) is 0 Å². The average Bonchev–Trinajstić information content (AvgIpc) is 2.78. The molecule has 1 aliphatic heterocycles. The Hall–Kier alpha value is -0.610. The molecule has 0 aliphatic carbocycles. The second kappa shape index (κ2) is 7.67. The lowest BCUT2D eigenvalue weighted by molar-refractivity contribution is -0.130. The molecule has 1 heterocycles. The molecule has 0 bridgehead atoms. The van der Waals surface area contributed by atoms with Crippen LogP contribution in [-0.2, 0) is 4.79 Å². The molecule has 0 aromatic heterocycles. The summed E-state index contributed by atoms with van der Waals surface area (Å²) in [6.45, 7) is 9.03. The molecule has 1 unspecified atom stereocenters. The lowest BCUT2D eigenvalue weighted by Crippen LogP contribution is -2.31. The van der Waals surface area contributed by atoms with E-state index in [0.717, 1.165) is 45.6 Å². The standard InChI is InChI=1S/C13H26N2O2/c1-3-15(4-2)13(17)6-5-8-14-9-7-12(10-14)11-16/h12,16H,3-11H2,1-2H3. The molecular formula is C13H26N2O2. The van der Waals surface area contributed by atoms with Crippen molar-refractivity contribution in [2.45, 2.75) is 33.1 Å². The van der Waals surface area contributed by atoms with Gasteiger partial charge >= 0.3 is 0 Å². The number of nitrogens with zero attached hydrogens (tertiary/aromatic N) is 2. The first-order valence-corrected chi connectivity index (χ1v) is 6.82. The zero-order valence-corrected chi connectivity index (χ0v) is 11.2. The van der Waals surface area contributed by atoms with Crippen molar-refractivity contribution in [2.24, 2.45) is 5.92 Å². The highest BCUT2D eigenvalue weighted by atomic mass is 16.3. The first-order chi connectivity index (χ1) is 8.21. The lowest BCUT2D eigenvalue weighted by Gasteiger charge is -2.20. The molecule has 1 saturated heterocycles. The molecule has 0 radical (unpaired) electrons. The number of rotatable bonds is 7. The van der Waals surface area contributed by atoms with E-state index >= 15 is 0 Å². The van der Waals surface area contributed by atoms with Crippen molar-refractivity contribution in [3.05, 3.63) is 0 Å². The maximum absolute atomic E-state index is 11.8. The third-order valence-electron chi connectivity index (χ3n) is 3.61. The Morgan fingerprint density at radius 1 is 1.41 bits per heavy atom. The van der Waals surface area contributed by atoms with Crippen LogP contribution in [0, 0.1) is 5.92 Å². The predicted octanol–water partition coefficient (Wildman–Crippen LogP) is 0.949. The van der Waals surface area contributed by atoms with Crippen LogP contribution in [0.15, 0.2) is 0 Å². The number of carbonyl (C=O) groups excluding carboxylic acids is 1. The van der Waals surface area contributed by atoms with Crippen LogP contribution in [0.25, 0.3) is 0 Å². The van der Waals surface area contributed by atoms with Gasteiger partial charge in [0.15, 0.2) is 0 Å². The summed E-state index contributed by atoms with van der Waals surface area (Å²) in [4.78, 5) is 16.0. The molecule has 0 aromatic rings. The minimum atomic E-state index is 0.271. The van der Waals surface area contributed by atoms with Gasteiger partial charge in [0, 0.05) is 32.7 Å². The van der Waals surface area contributed by atoms with Crippen LogP contribution in [0.4, 0.5) is 0 Å². The van der Waals surface area contributed by atoms with Crippen LogP contribution in [0.1, 0.15) is 33.1 Å². The van der Waals surface area contributed by atoms with Gasteiger partial charge in [0.1, 0.15) is 0 Å². The SMILES string of the molecule is CCN(CC)C(=O)CCCN1CCC(CO)C1. The number of carbonyl (C=O) groups is 1. The molecule has 1 aliphatic rings. The highest BCUT2D eigenvalue weighted by Gasteiger charge is 2.21. The minimum absolute atomic E-state index is 0.271. The Balaban J connectivity index is 2.13. The summed E-state index contributed by atoms with van der Waals surface area (Å²) in [5.74, 6) is 0.724. The van der Waals surface area contributed by atoms with E-state index in [1.54, 1.807) is 0 Å². The highest BCUT2D eigenvalue weighted by Crippen LogP contribution is 2.15. The fourth-order valence-electron chi connectivity index (χ4n) is 2.45. The van der Waals surface area contributed by atoms with E-state index in [-0.39, 0.29) is 5.91 Å². The van der Waals surface area contributed by atoms with Gasteiger partial charge in [-0.15, -0.1) is 0 Å². The smallest absolute Gasteiger partial charge is 0.222 e. The van der Waals surface area contributed by atoms with Crippen molar-refractivity contribution >= 4 is 5.91 Å². The van der Waals surface area contributed by atoms with E-state index < -0.39 is 0 Å². The second-order valence-corrected chi connectivity index (χ2v) is 4.81. The van der Waals surface area contributed by atoms with Crippen molar-refractivity contribution in [2.75, 3.05) is 39.3 Å². The summed E-state index contributed by atoms with van der Waals surface area (Å²) >= 11 is 0. The van der Waals surface area contributed by atoms with Gasteiger partial charge in [0.2, 0.25) is 5.91 Å². The Labute approximate surface area is 105 Å². The maximum Gasteiger partial charge on any atom is 0.222 e. The molecule has 100 valence electrons. The molecule has 4 nitrogen and oxygen atoms in total. The van der Waals surface area contributed by atoms with E-state index in [1.165, 1.54) is 0 Å². The molecule has 4 heteroatoms. The molecular weight excluding hydrogens is 216 g/mol. The number of amides is 1. The minimum Gasteiger partial charge on any atom is -0.396 e. The lowest BCUT2D eigenvalue weighted by atomic mass is 10.1. The van der Waals surface area contributed by atoms with Crippen LogP contribution in [0.5, 0.6) is 0 Å². The van der Waals surface area contributed by atoms with E-state index in [4.69, 9.17) is 5.11 Å². The van der Waals surface area contributed by atoms with Gasteiger partial charge in [-0.05, 0) is 45.7 Å². The van der Waals surface area contributed by atoms with Gasteiger partial charge in [-0.2, -0.15) is 0 Å². The Kier molecular flexibility index (Phi) is 6.52. The van der Waals surface area contributed by atoms with Crippen LogP contribution in [-0.4, -0.2) is 60.1 Å². The van der Waals surface area contributed by atoms with Crippen molar-refractivity contribution in [1.82, 2.24) is 9.80 Å². The molecule has 0 spiro atoms. The van der Waals surface area contributed by atoms with Crippen molar-refractivity contribution < 1.29 is 9.90 Å². The highest BCUT2D eigenvalue weighted by molar-refractivity contribution is 5.76. The summed E-state index contributed by atoms with van der Waals surface area (Å²) in [5, 5.41) is 9.05. The van der Waals surface area contributed by atoms with Gasteiger partial charge in [0.25, 0.3) is 0 Å². The molecule has 0 aromatic carbocycles. The van der Waals surface area contributed by atoms with E-state index in [2.05, 4.69) is 4.90 Å². The number of hydrogen-bond acceptors (Lipinski definition) is 3. The van der Waals surface area contributed by atoms with E-state index in [1.807, 2.05) is 18.7 Å². The summed E-state index contributed by atoms with van der Waals surface area (Å²) in [7, 11) is 0. The van der Waals surface area contributed by atoms with Gasteiger partial charge in [-0.3, -0.25) is 4.79 Å². The normalized spacial score (nSPS) is 20.8. The van der Waals surface area contributed by atoms with Gasteiger partial charge in [0.05, 0.1) is 0 Å². The summed E-state index contributed by atoms with van der Waals surface area (Å²) in [5.41, 5.74) is 0. The van der Waals surface area contributed by atoms with Crippen LogP contribution in [0.2, 0.25) is 0 Å². The van der Waals surface area contributed by atoms with Crippen LogP contribution in [0.3, 0.4) is 0 Å². The molecule has 1 amide bonds. The maximum atomic E-state index is 11.8. The largest absolute Gasteiger partial charge is 0.396 e. The average molecular weight is 242 g/mol. The fraction of sp³-hybridized carbons (Fsp3) is 0.923. The summed E-state index contributed by atoms with van der Waals surface area (Å²) in [6.07, 6.45) is 2.69. The van der Waals surface area contributed by atoms with Gasteiger partial charge in [-0.1, -0.05) is 0 Å². The third kappa shape index (κ3) is 4.64. The Bertz CT molecular complexity index is 229. The van der Waals surface area contributed by atoms with Crippen LogP contribution < -0.4 is 0 Å². The predicted molar refractivity (Wildman–Crippen MR) is 68.8 cm³/mol.